The van der Waals surface area contributed by atoms with Crippen LogP contribution in [0.2, 0.25) is 0 Å². The fraction of sp³-hybridized carbons (Fsp3) is 0.647. The summed E-state index contributed by atoms with van der Waals surface area (Å²) < 4.78 is 6.29. The lowest BCUT2D eigenvalue weighted by atomic mass is 9.62. The Labute approximate surface area is 121 Å². The molecular formula is C17H24N2O. The molecule has 1 saturated carbocycles. The van der Waals surface area contributed by atoms with E-state index in [1.165, 1.54) is 36.1 Å². The Morgan fingerprint density at radius 2 is 2.00 bits per heavy atom. The summed E-state index contributed by atoms with van der Waals surface area (Å²) in [5.74, 6) is 1.24. The van der Waals surface area contributed by atoms with E-state index in [0.29, 0.717) is 11.8 Å². The first kappa shape index (κ1) is 12.7. The summed E-state index contributed by atoms with van der Waals surface area (Å²) in [5.41, 5.74) is 4.25. The lowest BCUT2D eigenvalue weighted by Gasteiger charge is -2.53. The molecular weight excluding hydrogens is 248 g/mol. The third-order valence-electron chi connectivity index (χ3n) is 5.72. The molecule has 3 heteroatoms. The molecule has 2 unspecified atom stereocenters. The fourth-order valence-corrected chi connectivity index (χ4v) is 4.91. The largest absolute Gasteiger partial charge is 0.384 e. The van der Waals surface area contributed by atoms with Gasteiger partial charge in [-0.2, -0.15) is 0 Å². The number of anilines is 1. The number of benzene rings is 1. The van der Waals surface area contributed by atoms with Crippen LogP contribution in [0.25, 0.3) is 0 Å². The summed E-state index contributed by atoms with van der Waals surface area (Å²) in [4.78, 5) is 0. The van der Waals surface area contributed by atoms with Crippen molar-refractivity contribution < 1.29 is 4.74 Å². The van der Waals surface area contributed by atoms with Crippen molar-refractivity contribution in [2.75, 3.05) is 32.1 Å². The molecule has 3 nitrogen and oxygen atoms in total. The van der Waals surface area contributed by atoms with E-state index in [9.17, 15) is 0 Å². The SMILES string of the molecule is COC1(c2cccc3c2CCN3)C2CCCC1CNC2. The molecule has 2 atom stereocenters. The zero-order chi connectivity index (χ0) is 13.6. The second-order valence-corrected chi connectivity index (χ2v) is 6.49. The van der Waals surface area contributed by atoms with Gasteiger partial charge in [0.15, 0.2) is 0 Å². The minimum Gasteiger partial charge on any atom is -0.384 e. The number of methoxy groups -OCH3 is 1. The van der Waals surface area contributed by atoms with Gasteiger partial charge in [0.05, 0.1) is 0 Å². The first-order valence-electron chi connectivity index (χ1n) is 7.98. The maximum Gasteiger partial charge on any atom is 0.101 e. The van der Waals surface area contributed by atoms with Gasteiger partial charge in [-0.15, -0.1) is 0 Å². The van der Waals surface area contributed by atoms with Crippen molar-refractivity contribution in [2.45, 2.75) is 31.3 Å². The number of hydrogen-bond donors (Lipinski definition) is 2. The van der Waals surface area contributed by atoms with Gasteiger partial charge in [0.25, 0.3) is 0 Å². The van der Waals surface area contributed by atoms with Gasteiger partial charge in [-0.1, -0.05) is 18.6 Å². The van der Waals surface area contributed by atoms with Crippen LogP contribution in [0.4, 0.5) is 5.69 Å². The van der Waals surface area contributed by atoms with Crippen molar-refractivity contribution >= 4 is 5.69 Å². The highest BCUT2D eigenvalue weighted by molar-refractivity contribution is 5.60. The van der Waals surface area contributed by atoms with Crippen molar-refractivity contribution in [2.24, 2.45) is 11.8 Å². The average Bonchev–Trinajstić information content (AvgIpc) is 2.94. The molecule has 2 fully saturated rings. The molecule has 2 heterocycles. The smallest absolute Gasteiger partial charge is 0.101 e. The van der Waals surface area contributed by atoms with Crippen molar-refractivity contribution in [1.29, 1.82) is 0 Å². The summed E-state index contributed by atoms with van der Waals surface area (Å²) in [5, 5.41) is 7.13. The minimum absolute atomic E-state index is 0.0547. The van der Waals surface area contributed by atoms with Gasteiger partial charge in [0, 0.05) is 44.3 Å². The maximum absolute atomic E-state index is 6.29. The van der Waals surface area contributed by atoms with Gasteiger partial charge < -0.3 is 15.4 Å². The molecule has 4 rings (SSSR count). The predicted octanol–water partition coefficient (Wildman–Crippen LogP) is 2.52. The Bertz CT molecular complexity index is 492. The topological polar surface area (TPSA) is 33.3 Å². The molecule has 3 aliphatic rings. The minimum atomic E-state index is -0.0547. The average molecular weight is 272 g/mol. The maximum atomic E-state index is 6.29. The van der Waals surface area contributed by atoms with E-state index < -0.39 is 0 Å². The van der Waals surface area contributed by atoms with Gasteiger partial charge in [-0.25, -0.2) is 0 Å². The Hall–Kier alpha value is -1.06. The molecule has 2 bridgehead atoms. The number of piperidine rings is 1. The van der Waals surface area contributed by atoms with Gasteiger partial charge in [-0.3, -0.25) is 0 Å². The van der Waals surface area contributed by atoms with E-state index in [2.05, 4.69) is 28.8 Å². The quantitative estimate of drug-likeness (QED) is 0.868. The lowest BCUT2D eigenvalue weighted by Crippen LogP contribution is -2.58. The Morgan fingerprint density at radius 1 is 1.20 bits per heavy atom. The summed E-state index contributed by atoms with van der Waals surface area (Å²) in [6, 6.07) is 6.74. The van der Waals surface area contributed by atoms with E-state index in [4.69, 9.17) is 4.74 Å². The van der Waals surface area contributed by atoms with Crippen LogP contribution in [0, 0.1) is 11.8 Å². The van der Waals surface area contributed by atoms with Crippen LogP contribution >= 0.6 is 0 Å². The van der Waals surface area contributed by atoms with Gasteiger partial charge >= 0.3 is 0 Å². The number of nitrogens with one attached hydrogen (secondary N) is 2. The van der Waals surface area contributed by atoms with Crippen molar-refractivity contribution in [3.05, 3.63) is 29.3 Å². The molecule has 0 aromatic heterocycles. The number of fused-ring (bicyclic) bond motifs is 3. The van der Waals surface area contributed by atoms with Gasteiger partial charge in [0.1, 0.15) is 5.60 Å². The standard InChI is InChI=1S/C17H24N2O/c1-20-17(12-4-2-5-13(17)11-18-10-12)15-6-3-7-16-14(15)8-9-19-16/h3,6-7,12-13,18-19H,2,4-5,8-11H2,1H3. The van der Waals surface area contributed by atoms with Crippen LogP contribution in [-0.2, 0) is 16.8 Å². The lowest BCUT2D eigenvalue weighted by molar-refractivity contribution is -0.144. The fourth-order valence-electron chi connectivity index (χ4n) is 4.91. The number of ether oxygens (including phenoxy) is 1. The Morgan fingerprint density at radius 3 is 2.75 bits per heavy atom. The van der Waals surface area contributed by atoms with Gasteiger partial charge in [0.2, 0.25) is 0 Å². The van der Waals surface area contributed by atoms with Crippen LogP contribution in [0.5, 0.6) is 0 Å². The third-order valence-corrected chi connectivity index (χ3v) is 5.72. The zero-order valence-electron chi connectivity index (χ0n) is 12.2. The van der Waals surface area contributed by atoms with Crippen LogP contribution in [0.15, 0.2) is 18.2 Å². The zero-order valence-corrected chi connectivity index (χ0v) is 12.2. The molecule has 1 aliphatic carbocycles. The van der Waals surface area contributed by atoms with E-state index in [-0.39, 0.29) is 5.60 Å². The Balaban J connectivity index is 1.87. The molecule has 1 aromatic rings. The second-order valence-electron chi connectivity index (χ2n) is 6.49. The highest BCUT2D eigenvalue weighted by Gasteiger charge is 2.52. The van der Waals surface area contributed by atoms with Crippen LogP contribution in [0.3, 0.4) is 0 Å². The molecule has 108 valence electrons. The van der Waals surface area contributed by atoms with Gasteiger partial charge in [-0.05, 0) is 36.5 Å². The molecule has 20 heavy (non-hydrogen) atoms. The summed E-state index contributed by atoms with van der Waals surface area (Å²) in [6.45, 7) is 3.27. The molecule has 1 aromatic carbocycles. The molecule has 1 saturated heterocycles. The predicted molar refractivity (Wildman–Crippen MR) is 81.0 cm³/mol. The molecule has 0 amide bonds. The van der Waals surface area contributed by atoms with Crippen molar-refractivity contribution in [3.63, 3.8) is 0 Å². The van der Waals surface area contributed by atoms with E-state index in [1.807, 2.05) is 7.11 Å². The van der Waals surface area contributed by atoms with Crippen LogP contribution < -0.4 is 10.6 Å². The molecule has 0 spiro atoms. The summed E-state index contributed by atoms with van der Waals surface area (Å²) >= 11 is 0. The molecule has 2 aliphatic heterocycles. The second kappa shape index (κ2) is 4.74. The first-order chi connectivity index (χ1) is 9.86. The van der Waals surface area contributed by atoms with E-state index >= 15 is 0 Å². The van der Waals surface area contributed by atoms with E-state index in [0.717, 1.165) is 26.1 Å². The Kier molecular flexibility index (Phi) is 3.00. The van der Waals surface area contributed by atoms with Crippen LogP contribution in [-0.4, -0.2) is 26.7 Å². The highest BCUT2D eigenvalue weighted by atomic mass is 16.5. The van der Waals surface area contributed by atoms with Crippen LogP contribution in [0.1, 0.15) is 30.4 Å². The number of rotatable bonds is 2. The highest BCUT2D eigenvalue weighted by Crippen LogP contribution is 2.51. The summed E-state index contributed by atoms with van der Waals surface area (Å²) in [6.07, 6.45) is 5.07. The monoisotopic (exact) mass is 272 g/mol. The molecule has 2 N–H and O–H groups in total. The van der Waals surface area contributed by atoms with Crippen molar-refractivity contribution in [3.8, 4) is 0 Å². The molecule has 0 radical (unpaired) electrons. The normalized spacial score (nSPS) is 35.5. The first-order valence-corrected chi connectivity index (χ1v) is 7.98. The summed E-state index contributed by atoms with van der Waals surface area (Å²) in [7, 11) is 1.93. The third kappa shape index (κ3) is 1.60. The van der Waals surface area contributed by atoms with Crippen molar-refractivity contribution in [1.82, 2.24) is 5.32 Å². The number of hydrogen-bond acceptors (Lipinski definition) is 3. The van der Waals surface area contributed by atoms with E-state index in [1.54, 1.807) is 0 Å².